The first-order valence-corrected chi connectivity index (χ1v) is 13.1. The zero-order valence-corrected chi connectivity index (χ0v) is 19.4. The molecule has 0 spiro atoms. The molecule has 2 aliphatic rings. The van der Waals surface area contributed by atoms with Gasteiger partial charge in [-0.2, -0.15) is 0 Å². The number of hydrogen-bond acceptors (Lipinski definition) is 7. The first-order valence-electron chi connectivity index (χ1n) is 10.7. The van der Waals surface area contributed by atoms with Crippen LogP contribution in [0.15, 0.2) is 32.4 Å². The normalized spacial score (nSPS) is 16.0. The third kappa shape index (κ3) is 3.87. The van der Waals surface area contributed by atoms with Crippen molar-refractivity contribution in [3.8, 4) is 0 Å². The van der Waals surface area contributed by atoms with Crippen LogP contribution in [0, 0.1) is 6.92 Å². The van der Waals surface area contributed by atoms with Gasteiger partial charge in [-0.05, 0) is 67.2 Å². The minimum atomic E-state index is -3.56. The number of hydrogen-bond donors (Lipinski definition) is 1. The summed E-state index contributed by atoms with van der Waals surface area (Å²) in [5.74, 6) is 0.235. The fourth-order valence-corrected chi connectivity index (χ4v) is 6.52. The Labute approximate surface area is 190 Å². The quantitative estimate of drug-likeness (QED) is 0.612. The van der Waals surface area contributed by atoms with Crippen LogP contribution in [0.1, 0.15) is 57.0 Å². The van der Waals surface area contributed by atoms with Crippen LogP contribution in [0.25, 0.3) is 0 Å². The maximum Gasteiger partial charge on any atom is 0.293 e. The molecule has 168 valence electrons. The van der Waals surface area contributed by atoms with Crippen molar-refractivity contribution < 1.29 is 17.7 Å². The monoisotopic (exact) mass is 472 g/mol. The maximum absolute atomic E-state index is 13.2. The van der Waals surface area contributed by atoms with Gasteiger partial charge < -0.3 is 9.42 Å². The van der Waals surface area contributed by atoms with Crippen LogP contribution in [-0.2, 0) is 42.4 Å². The highest BCUT2D eigenvalue weighted by Gasteiger charge is 2.31. The van der Waals surface area contributed by atoms with Crippen molar-refractivity contribution in [2.75, 3.05) is 6.54 Å². The third-order valence-corrected chi connectivity index (χ3v) is 9.03. The number of pyridine rings is 1. The van der Waals surface area contributed by atoms with Gasteiger partial charge in [0.25, 0.3) is 5.91 Å². The Kier molecular flexibility index (Phi) is 5.60. The zero-order valence-electron chi connectivity index (χ0n) is 17.8. The molecular formula is C22H24N4O4S2. The van der Waals surface area contributed by atoms with Gasteiger partial charge in [-0.3, -0.25) is 9.78 Å². The molecule has 0 bridgehead atoms. The molecule has 32 heavy (non-hydrogen) atoms. The Balaban J connectivity index is 1.36. The summed E-state index contributed by atoms with van der Waals surface area (Å²) < 4.78 is 33.5. The predicted octanol–water partition coefficient (Wildman–Crippen LogP) is 3.00. The van der Waals surface area contributed by atoms with Gasteiger partial charge in [0.2, 0.25) is 15.8 Å². The zero-order chi connectivity index (χ0) is 22.3. The Bertz CT molecular complexity index is 1270. The molecule has 1 N–H and O–H groups in total. The second-order valence-corrected chi connectivity index (χ2v) is 11.1. The molecular weight excluding hydrogens is 448 g/mol. The fraction of sp³-hybridized carbons (Fsp3) is 0.409. The first-order chi connectivity index (χ1) is 15.4. The highest BCUT2D eigenvalue weighted by Crippen LogP contribution is 2.29. The van der Waals surface area contributed by atoms with E-state index in [9.17, 15) is 13.2 Å². The summed E-state index contributed by atoms with van der Waals surface area (Å²) >= 11 is 1.19. The van der Waals surface area contributed by atoms with E-state index in [-0.39, 0.29) is 12.5 Å². The second kappa shape index (κ2) is 8.42. The van der Waals surface area contributed by atoms with Crippen molar-refractivity contribution in [1.29, 1.82) is 0 Å². The van der Waals surface area contributed by atoms with Gasteiger partial charge in [0, 0.05) is 37.1 Å². The fourth-order valence-electron chi connectivity index (χ4n) is 4.49. The van der Waals surface area contributed by atoms with Crippen LogP contribution in [0.3, 0.4) is 0 Å². The highest BCUT2D eigenvalue weighted by molar-refractivity contribution is 7.91. The molecule has 1 aliphatic carbocycles. The second-order valence-electron chi connectivity index (χ2n) is 8.20. The molecule has 3 aromatic rings. The third-order valence-electron chi connectivity index (χ3n) is 6.24. The lowest BCUT2D eigenvalue weighted by atomic mass is 9.93. The molecule has 1 amide bonds. The maximum atomic E-state index is 13.2. The van der Waals surface area contributed by atoms with E-state index in [1.165, 1.54) is 11.3 Å². The summed E-state index contributed by atoms with van der Waals surface area (Å²) in [6, 6.07) is 3.30. The van der Waals surface area contributed by atoms with E-state index in [0.717, 1.165) is 59.3 Å². The molecule has 5 rings (SSSR count). The van der Waals surface area contributed by atoms with E-state index in [4.69, 9.17) is 4.52 Å². The Morgan fingerprint density at radius 1 is 1.25 bits per heavy atom. The molecule has 0 saturated carbocycles. The molecule has 0 atom stereocenters. The molecule has 1 aliphatic heterocycles. The molecule has 4 heterocycles. The Morgan fingerprint density at radius 3 is 2.91 bits per heavy atom. The number of rotatable bonds is 5. The highest BCUT2D eigenvalue weighted by atomic mass is 32.2. The van der Waals surface area contributed by atoms with Crippen LogP contribution in [-0.4, -0.2) is 35.9 Å². The Morgan fingerprint density at radius 2 is 2.09 bits per heavy atom. The molecule has 10 heteroatoms. The number of nitrogens with one attached hydrogen (secondary N) is 1. The van der Waals surface area contributed by atoms with Gasteiger partial charge in [-0.25, -0.2) is 13.1 Å². The standard InChI is InChI=1S/C22H24N4O4S2/c1-14-18(12-24-32(28,29)20-7-4-10-31-20)16-8-9-26(13-15(16)11-23-14)22(27)21-17-5-2-3-6-19(17)25-30-21/h4,7,10-11,24H,2-3,5-6,8-9,12-13H2,1H3. The van der Waals surface area contributed by atoms with Crippen molar-refractivity contribution >= 4 is 27.3 Å². The van der Waals surface area contributed by atoms with Gasteiger partial charge in [0.15, 0.2) is 0 Å². The van der Waals surface area contributed by atoms with E-state index in [2.05, 4.69) is 14.9 Å². The number of aryl methyl sites for hydroxylation is 2. The SMILES string of the molecule is Cc1ncc2c(c1CNS(=O)(=O)c1cccs1)CCN(C(=O)c1onc3c1CCCC3)C2. The van der Waals surface area contributed by atoms with E-state index in [1.54, 1.807) is 28.6 Å². The van der Waals surface area contributed by atoms with Crippen molar-refractivity contribution in [1.82, 2.24) is 19.8 Å². The largest absolute Gasteiger partial charge is 0.350 e. The molecule has 3 aromatic heterocycles. The number of sulfonamides is 1. The van der Waals surface area contributed by atoms with E-state index < -0.39 is 10.0 Å². The van der Waals surface area contributed by atoms with Crippen molar-refractivity contribution in [3.63, 3.8) is 0 Å². The number of carbonyl (C=O) groups excluding carboxylic acids is 1. The number of amides is 1. The van der Waals surface area contributed by atoms with Crippen LogP contribution >= 0.6 is 11.3 Å². The van der Waals surface area contributed by atoms with Gasteiger partial charge >= 0.3 is 0 Å². The average Bonchev–Trinajstić information content (AvgIpc) is 3.48. The number of fused-ring (bicyclic) bond motifs is 2. The van der Waals surface area contributed by atoms with Crippen LogP contribution in [0.2, 0.25) is 0 Å². The van der Waals surface area contributed by atoms with E-state index >= 15 is 0 Å². The van der Waals surface area contributed by atoms with Crippen molar-refractivity contribution in [2.24, 2.45) is 0 Å². The number of nitrogens with zero attached hydrogens (tertiary/aromatic N) is 3. The molecule has 0 fully saturated rings. The summed E-state index contributed by atoms with van der Waals surface area (Å²) in [4.78, 5) is 19.4. The van der Waals surface area contributed by atoms with Gasteiger partial charge in [-0.1, -0.05) is 11.2 Å². The van der Waals surface area contributed by atoms with Crippen LogP contribution in [0.4, 0.5) is 0 Å². The van der Waals surface area contributed by atoms with Crippen molar-refractivity contribution in [3.05, 3.63) is 63.1 Å². The lowest BCUT2D eigenvalue weighted by Crippen LogP contribution is -2.37. The Hall–Kier alpha value is -2.56. The summed E-state index contributed by atoms with van der Waals surface area (Å²) in [6.07, 6.45) is 6.25. The first kappa shape index (κ1) is 21.3. The molecule has 8 nitrogen and oxygen atoms in total. The van der Waals surface area contributed by atoms with Crippen LogP contribution in [0.5, 0.6) is 0 Å². The lowest BCUT2D eigenvalue weighted by molar-refractivity contribution is 0.0690. The molecule has 0 unspecified atom stereocenters. The molecule has 0 radical (unpaired) electrons. The summed E-state index contributed by atoms with van der Waals surface area (Å²) in [5, 5.41) is 5.85. The predicted molar refractivity (Wildman–Crippen MR) is 119 cm³/mol. The number of carbonyl (C=O) groups is 1. The van der Waals surface area contributed by atoms with E-state index in [0.29, 0.717) is 29.5 Å². The number of thiophene rings is 1. The minimum Gasteiger partial charge on any atom is -0.350 e. The van der Waals surface area contributed by atoms with Gasteiger partial charge in [0.1, 0.15) is 4.21 Å². The lowest BCUT2D eigenvalue weighted by Gasteiger charge is -2.30. The summed E-state index contributed by atoms with van der Waals surface area (Å²) in [7, 11) is -3.56. The van der Waals surface area contributed by atoms with Gasteiger partial charge in [-0.15, -0.1) is 11.3 Å². The van der Waals surface area contributed by atoms with E-state index in [1.807, 2.05) is 6.92 Å². The molecule has 0 aromatic carbocycles. The smallest absolute Gasteiger partial charge is 0.293 e. The number of aromatic nitrogens is 2. The van der Waals surface area contributed by atoms with Crippen molar-refractivity contribution in [2.45, 2.75) is 56.3 Å². The topological polar surface area (TPSA) is 105 Å². The summed E-state index contributed by atoms with van der Waals surface area (Å²) in [5.41, 5.74) is 5.55. The van der Waals surface area contributed by atoms with Crippen LogP contribution < -0.4 is 4.72 Å². The minimum absolute atomic E-state index is 0.133. The molecule has 0 saturated heterocycles. The average molecular weight is 473 g/mol. The summed E-state index contributed by atoms with van der Waals surface area (Å²) in [6.45, 7) is 3.01. The van der Waals surface area contributed by atoms with Gasteiger partial charge in [0.05, 0.1) is 5.69 Å².